The zero-order chi connectivity index (χ0) is 57.8. The molecule has 1 heterocycles. The third-order valence-electron chi connectivity index (χ3n) is 12.4. The van der Waals surface area contributed by atoms with E-state index in [2.05, 4.69) is 24.5 Å². The second kappa shape index (κ2) is 30.4. The Hall–Kier alpha value is -6.40. The Bertz CT molecular complexity index is 2380. The number of nitrogens with one attached hydrogen (secondary N) is 3. The van der Waals surface area contributed by atoms with Gasteiger partial charge >= 0.3 is 12.2 Å². The molecular weight excluding hydrogens is 1010 g/mol. The summed E-state index contributed by atoms with van der Waals surface area (Å²) in [6.07, 6.45) is -0.208. The van der Waals surface area contributed by atoms with Crippen LogP contribution in [-0.2, 0) is 54.6 Å². The normalized spacial score (nSPS) is 16.2. The number of nitro benzene ring substituents is 1. The molecule has 3 rings (SSSR count). The molecular formula is C52H81N7O16S. The number of hydrogen-bond acceptors (Lipinski definition) is 16. The largest absolute Gasteiger partial charge is 0.519 e. The van der Waals surface area contributed by atoms with Gasteiger partial charge in [0.1, 0.15) is 29.2 Å². The van der Waals surface area contributed by atoms with Crippen molar-refractivity contribution in [2.45, 2.75) is 150 Å². The fourth-order valence-corrected chi connectivity index (χ4v) is 9.14. The van der Waals surface area contributed by atoms with Gasteiger partial charge in [0.15, 0.2) is 0 Å². The van der Waals surface area contributed by atoms with Crippen molar-refractivity contribution in [1.29, 1.82) is 0 Å². The minimum atomic E-state index is -4.07. The maximum absolute atomic E-state index is 14.3. The first-order valence-electron chi connectivity index (χ1n) is 25.3. The minimum Gasteiger partial charge on any atom is -0.444 e. The molecule has 0 bridgehead atoms. The fraction of sp³-hybridized carbons (Fsp3) is 0.635. The first kappa shape index (κ1) is 65.7. The summed E-state index contributed by atoms with van der Waals surface area (Å²) in [5.74, 6) is -4.49. The molecule has 0 aromatic heterocycles. The number of carbonyl (C=O) groups is 7. The van der Waals surface area contributed by atoms with Crippen LogP contribution in [0.2, 0.25) is 0 Å². The first-order valence-corrected chi connectivity index (χ1v) is 27.2. The van der Waals surface area contributed by atoms with E-state index in [4.69, 9.17) is 23.7 Å². The Morgan fingerprint density at radius 3 is 1.87 bits per heavy atom. The summed E-state index contributed by atoms with van der Waals surface area (Å²) in [7, 11) is 1.81. The van der Waals surface area contributed by atoms with Crippen LogP contribution in [0.1, 0.15) is 107 Å². The van der Waals surface area contributed by atoms with Crippen molar-refractivity contribution in [2.75, 3.05) is 47.7 Å². The number of non-ortho nitro benzene ring substituents is 1. The summed E-state index contributed by atoms with van der Waals surface area (Å²) in [6.45, 7) is 18.3. The molecule has 426 valence electrons. The lowest BCUT2D eigenvalue weighted by Crippen LogP contribution is -2.56. The number of sulfonamides is 1. The molecule has 23 nitrogen and oxygen atoms in total. The van der Waals surface area contributed by atoms with Gasteiger partial charge in [0.05, 0.1) is 54.4 Å². The lowest BCUT2D eigenvalue weighted by molar-refractivity contribution is -0.384. The van der Waals surface area contributed by atoms with Gasteiger partial charge in [0.25, 0.3) is 11.6 Å². The van der Waals surface area contributed by atoms with Crippen LogP contribution < -0.4 is 24.8 Å². The summed E-state index contributed by atoms with van der Waals surface area (Å²) in [5.41, 5.74) is -0.567. The van der Waals surface area contributed by atoms with Crippen LogP contribution in [0.5, 0.6) is 11.5 Å². The number of hydrogen-bond donors (Lipinski definition) is 3. The van der Waals surface area contributed by atoms with E-state index < -0.39 is 105 Å². The van der Waals surface area contributed by atoms with Gasteiger partial charge in [-0.05, 0) is 75.3 Å². The van der Waals surface area contributed by atoms with E-state index in [1.165, 1.54) is 73.9 Å². The number of rotatable bonds is 24. The number of ether oxygens (including phenoxy) is 5. The van der Waals surface area contributed by atoms with Gasteiger partial charge in [0, 0.05) is 53.4 Å². The molecule has 2 aromatic carbocycles. The quantitative estimate of drug-likeness (QED) is 0.0498. The van der Waals surface area contributed by atoms with Gasteiger partial charge in [-0.2, -0.15) is 0 Å². The van der Waals surface area contributed by atoms with Gasteiger partial charge in [0.2, 0.25) is 33.7 Å². The van der Waals surface area contributed by atoms with Crippen molar-refractivity contribution in [3.63, 3.8) is 0 Å². The van der Waals surface area contributed by atoms with Gasteiger partial charge in [-0.15, -0.1) is 0 Å². The van der Waals surface area contributed by atoms with Crippen LogP contribution in [0.4, 0.5) is 15.3 Å². The van der Waals surface area contributed by atoms with Crippen molar-refractivity contribution in [1.82, 2.24) is 30.1 Å². The van der Waals surface area contributed by atoms with Crippen LogP contribution in [0.15, 0.2) is 48.5 Å². The minimum absolute atomic E-state index is 0.00531. The average Bonchev–Trinajstić information content (AvgIpc) is 3.82. The molecule has 24 heteroatoms. The second-order valence-corrected chi connectivity index (χ2v) is 22.0. The number of likely N-dealkylation sites (N-methyl/N-ethyl adjacent to an activating group) is 2. The molecule has 1 aliphatic rings. The number of carbonyl (C=O) groups excluding carboxylic acids is 7. The molecule has 1 saturated heterocycles. The van der Waals surface area contributed by atoms with Gasteiger partial charge < -0.3 is 44.1 Å². The van der Waals surface area contributed by atoms with Crippen LogP contribution in [0, 0.1) is 27.9 Å². The van der Waals surface area contributed by atoms with E-state index in [0.717, 1.165) is 18.4 Å². The van der Waals surface area contributed by atoms with E-state index >= 15 is 0 Å². The highest BCUT2D eigenvalue weighted by molar-refractivity contribution is 7.89. The standard InChI is InChI=1S/C49H73N7O16S.C3H8/c1-14-30(4)42(53(9)40(58)28-50-46(61)41(29(2)3)54(10)47(62)72-49(6,7)8)38(68-11)27-39(57)55-25-15-16-37(55)43(69-12)31(5)44(59)51-36(45(60)52-73(13,66)67)26-32-17-21-34(22-18-32)70-48(63)71-35-23-19-33(20-24-35)56(64)65;1-3-2/h17-24,29-31,36-38,41-43H,14-16,25-28H2,1-13H3,(H,50,61)(H,51,59)(H,52,60);3H2,1-2H3. The highest BCUT2D eigenvalue weighted by Crippen LogP contribution is 2.30. The average molecular weight is 1090 g/mol. The van der Waals surface area contributed by atoms with E-state index in [9.17, 15) is 52.1 Å². The molecule has 1 aliphatic heterocycles. The van der Waals surface area contributed by atoms with Crippen LogP contribution in [0.25, 0.3) is 0 Å². The Morgan fingerprint density at radius 2 is 1.39 bits per heavy atom. The first-order chi connectivity index (χ1) is 35.4. The Balaban J connectivity index is 0.00000642. The molecule has 2 aromatic rings. The smallest absolute Gasteiger partial charge is 0.444 e. The van der Waals surface area contributed by atoms with Crippen LogP contribution in [-0.4, -0.2) is 159 Å². The Labute approximate surface area is 447 Å². The lowest BCUT2D eigenvalue weighted by atomic mass is 9.90. The topological polar surface area (TPSA) is 289 Å². The molecule has 1 fully saturated rings. The van der Waals surface area contributed by atoms with Crippen LogP contribution in [0.3, 0.4) is 0 Å². The molecule has 8 unspecified atom stereocenters. The number of nitro groups is 1. The SMILES string of the molecule is CCC.CCC(C)C(C(CC(=O)N1CCCC1C(OC)C(C)C(=O)NC(Cc1ccc(OC(=O)Oc2ccc([N+](=O)[O-])cc2)cc1)C(=O)NS(C)(=O)=O)OC)N(C)C(=O)CNC(=O)C(C(C)C)N(C)C(=O)OC(C)(C)C. The predicted molar refractivity (Wildman–Crippen MR) is 283 cm³/mol. The number of amides is 6. The number of benzene rings is 2. The van der Waals surface area contributed by atoms with E-state index in [0.29, 0.717) is 31.4 Å². The van der Waals surface area contributed by atoms with Crippen molar-refractivity contribution >= 4 is 57.5 Å². The Morgan fingerprint density at radius 1 is 0.842 bits per heavy atom. The summed E-state index contributed by atoms with van der Waals surface area (Å²) in [6, 6.07) is 6.87. The Kier molecular flexibility index (Phi) is 26.3. The van der Waals surface area contributed by atoms with Crippen molar-refractivity contribution in [2.24, 2.45) is 17.8 Å². The summed E-state index contributed by atoms with van der Waals surface area (Å²) >= 11 is 0. The molecule has 6 amide bonds. The fourth-order valence-electron chi connectivity index (χ4n) is 8.64. The molecule has 3 N–H and O–H groups in total. The van der Waals surface area contributed by atoms with E-state index in [-0.39, 0.29) is 47.8 Å². The van der Waals surface area contributed by atoms with Crippen molar-refractivity contribution in [3.05, 3.63) is 64.2 Å². The molecule has 0 aliphatic carbocycles. The maximum Gasteiger partial charge on any atom is 0.519 e. The second-order valence-electron chi connectivity index (χ2n) is 20.2. The van der Waals surface area contributed by atoms with Gasteiger partial charge in [-0.25, -0.2) is 18.0 Å². The lowest BCUT2D eigenvalue weighted by Gasteiger charge is -2.39. The molecule has 0 saturated carbocycles. The number of methoxy groups -OCH3 is 2. The number of nitrogens with zero attached hydrogens (tertiary/aromatic N) is 4. The summed E-state index contributed by atoms with van der Waals surface area (Å²) in [4.78, 5) is 109. The molecule has 76 heavy (non-hydrogen) atoms. The zero-order valence-electron chi connectivity index (χ0n) is 46.7. The predicted octanol–water partition coefficient (Wildman–Crippen LogP) is 5.62. The van der Waals surface area contributed by atoms with Gasteiger partial charge in [-0.1, -0.05) is 73.4 Å². The highest BCUT2D eigenvalue weighted by atomic mass is 32.2. The zero-order valence-corrected chi connectivity index (χ0v) is 47.5. The molecule has 0 radical (unpaired) electrons. The van der Waals surface area contributed by atoms with Crippen LogP contribution >= 0.6 is 0 Å². The van der Waals surface area contributed by atoms with Gasteiger partial charge in [-0.3, -0.25) is 43.7 Å². The van der Waals surface area contributed by atoms with Crippen molar-refractivity contribution in [3.8, 4) is 11.5 Å². The van der Waals surface area contributed by atoms with E-state index in [1.807, 2.05) is 18.6 Å². The van der Waals surface area contributed by atoms with E-state index in [1.54, 1.807) is 53.5 Å². The third-order valence-corrected chi connectivity index (χ3v) is 13.0. The summed E-state index contributed by atoms with van der Waals surface area (Å²) in [5, 5.41) is 16.2. The monoisotopic (exact) mass is 1090 g/mol. The maximum atomic E-state index is 14.3. The third kappa shape index (κ3) is 20.6. The molecule has 8 atom stereocenters. The van der Waals surface area contributed by atoms with Crippen molar-refractivity contribution < 1.29 is 70.6 Å². The molecule has 0 spiro atoms. The highest BCUT2D eigenvalue weighted by Gasteiger charge is 2.43. The summed E-state index contributed by atoms with van der Waals surface area (Å²) < 4.78 is 53.8. The number of likely N-dealkylation sites (tertiary alicyclic amines) is 1.